The second-order valence-electron chi connectivity index (χ2n) is 5.15. The summed E-state index contributed by atoms with van der Waals surface area (Å²) in [5, 5.41) is 1.53. The number of hydrogen-bond donors (Lipinski definition) is 0. The maximum absolute atomic E-state index is 11.8. The van der Waals surface area contributed by atoms with Crippen LogP contribution in [0.15, 0.2) is 49.7 Å². The molecule has 114 valence electrons. The number of methoxy groups -OCH3 is 1. The van der Waals surface area contributed by atoms with Crippen LogP contribution in [0.25, 0.3) is 21.9 Å². The molecule has 2 aromatic heterocycles. The smallest absolute Gasteiger partial charge is 0.340 e. The molecular weight excluding hydrogens is 284 g/mol. The van der Waals surface area contributed by atoms with E-state index in [2.05, 4.69) is 0 Å². The van der Waals surface area contributed by atoms with Crippen LogP contribution in [-0.4, -0.2) is 13.7 Å². The van der Waals surface area contributed by atoms with Gasteiger partial charge in [-0.25, -0.2) is 4.79 Å². The van der Waals surface area contributed by atoms with Gasteiger partial charge in [0.05, 0.1) is 24.8 Å². The van der Waals surface area contributed by atoms with Gasteiger partial charge in [-0.15, -0.1) is 0 Å². The number of allylic oxidation sites excluding steroid dienone is 1. The van der Waals surface area contributed by atoms with E-state index in [4.69, 9.17) is 18.3 Å². The lowest BCUT2D eigenvalue weighted by atomic mass is 10.1. The van der Waals surface area contributed by atoms with Gasteiger partial charge in [-0.05, 0) is 32.1 Å². The standard InChI is InChI=1S/C17H16O5/c1-10(2)4-6-20-13-9-14(18)22-16-12(13)8-11-5-7-21-15(11)17(16)19-3/h4-5,7-9H,6H2,1-3H3. The number of furan rings is 1. The van der Waals surface area contributed by atoms with Gasteiger partial charge in [0, 0.05) is 5.39 Å². The third kappa shape index (κ3) is 2.45. The van der Waals surface area contributed by atoms with Crippen molar-refractivity contribution in [1.29, 1.82) is 0 Å². The third-order valence-electron chi connectivity index (χ3n) is 3.30. The van der Waals surface area contributed by atoms with Crippen LogP contribution in [0.5, 0.6) is 11.5 Å². The van der Waals surface area contributed by atoms with Crippen LogP contribution in [0.2, 0.25) is 0 Å². The molecule has 0 saturated heterocycles. The molecule has 0 N–H and O–H groups in total. The van der Waals surface area contributed by atoms with Gasteiger partial charge in [0.1, 0.15) is 12.4 Å². The summed E-state index contributed by atoms with van der Waals surface area (Å²) >= 11 is 0. The molecule has 0 aliphatic carbocycles. The summed E-state index contributed by atoms with van der Waals surface area (Å²) in [4.78, 5) is 11.8. The summed E-state index contributed by atoms with van der Waals surface area (Å²) in [6.45, 7) is 4.35. The van der Waals surface area contributed by atoms with E-state index in [1.807, 2.05) is 32.1 Å². The van der Waals surface area contributed by atoms with Crippen LogP contribution in [0.1, 0.15) is 13.8 Å². The molecule has 22 heavy (non-hydrogen) atoms. The minimum absolute atomic E-state index is 0.324. The molecule has 3 rings (SSSR count). The predicted molar refractivity (Wildman–Crippen MR) is 83.7 cm³/mol. The van der Waals surface area contributed by atoms with Gasteiger partial charge in [0.15, 0.2) is 11.2 Å². The van der Waals surface area contributed by atoms with Crippen molar-refractivity contribution in [2.24, 2.45) is 0 Å². The van der Waals surface area contributed by atoms with Crippen molar-refractivity contribution in [2.75, 3.05) is 13.7 Å². The fourth-order valence-electron chi connectivity index (χ4n) is 2.27. The summed E-state index contributed by atoms with van der Waals surface area (Å²) in [6.07, 6.45) is 3.50. The number of hydrogen-bond acceptors (Lipinski definition) is 5. The van der Waals surface area contributed by atoms with E-state index < -0.39 is 5.63 Å². The van der Waals surface area contributed by atoms with Crippen molar-refractivity contribution in [3.8, 4) is 11.5 Å². The molecule has 0 amide bonds. The lowest BCUT2D eigenvalue weighted by Crippen LogP contribution is -2.03. The fraction of sp³-hybridized carbons (Fsp3) is 0.235. The second-order valence-corrected chi connectivity index (χ2v) is 5.15. The molecule has 0 spiro atoms. The molecule has 5 heteroatoms. The van der Waals surface area contributed by atoms with Crippen LogP contribution >= 0.6 is 0 Å². The van der Waals surface area contributed by atoms with Crippen LogP contribution in [-0.2, 0) is 0 Å². The van der Waals surface area contributed by atoms with E-state index >= 15 is 0 Å². The molecular formula is C17H16O5. The van der Waals surface area contributed by atoms with Crippen LogP contribution in [0.4, 0.5) is 0 Å². The molecule has 0 fully saturated rings. The number of fused-ring (bicyclic) bond motifs is 2. The molecule has 2 heterocycles. The first-order valence-corrected chi connectivity index (χ1v) is 6.88. The SMILES string of the molecule is COc1c2occc2cc2c(OCC=C(C)C)cc(=O)oc12. The Balaban J connectivity index is 2.24. The first-order valence-electron chi connectivity index (χ1n) is 6.88. The van der Waals surface area contributed by atoms with Crippen molar-refractivity contribution >= 4 is 21.9 Å². The number of benzene rings is 1. The molecule has 0 saturated carbocycles. The van der Waals surface area contributed by atoms with Crippen molar-refractivity contribution in [2.45, 2.75) is 13.8 Å². The van der Waals surface area contributed by atoms with Gasteiger partial charge in [-0.2, -0.15) is 0 Å². The van der Waals surface area contributed by atoms with Gasteiger partial charge >= 0.3 is 5.63 Å². The molecule has 0 bridgehead atoms. The Hall–Kier alpha value is -2.69. The highest BCUT2D eigenvalue weighted by Crippen LogP contribution is 2.38. The molecule has 1 aromatic carbocycles. The average molecular weight is 300 g/mol. The highest BCUT2D eigenvalue weighted by molar-refractivity contribution is 6.02. The Labute approximate surface area is 126 Å². The summed E-state index contributed by atoms with van der Waals surface area (Å²) in [6, 6.07) is 5.02. The molecule has 0 aliphatic rings. The quantitative estimate of drug-likeness (QED) is 0.540. The maximum Gasteiger partial charge on any atom is 0.340 e. The minimum Gasteiger partial charge on any atom is -0.490 e. The zero-order valence-electron chi connectivity index (χ0n) is 12.6. The van der Waals surface area contributed by atoms with Gasteiger partial charge < -0.3 is 18.3 Å². The Kier molecular flexibility index (Phi) is 3.63. The van der Waals surface area contributed by atoms with Crippen molar-refractivity contribution in [1.82, 2.24) is 0 Å². The minimum atomic E-state index is -0.496. The van der Waals surface area contributed by atoms with E-state index in [-0.39, 0.29) is 0 Å². The van der Waals surface area contributed by atoms with Gasteiger partial charge in [0.25, 0.3) is 0 Å². The summed E-state index contributed by atoms with van der Waals surface area (Å²) in [7, 11) is 1.51. The number of ether oxygens (including phenoxy) is 2. The summed E-state index contributed by atoms with van der Waals surface area (Å²) in [5.41, 5.74) is 1.51. The molecule has 0 atom stereocenters. The first kappa shape index (κ1) is 14.3. The molecule has 5 nitrogen and oxygen atoms in total. The predicted octanol–water partition coefficient (Wildman–Crippen LogP) is 3.89. The highest BCUT2D eigenvalue weighted by Gasteiger charge is 2.17. The van der Waals surface area contributed by atoms with Crippen molar-refractivity contribution in [3.63, 3.8) is 0 Å². The zero-order chi connectivity index (χ0) is 15.7. The van der Waals surface area contributed by atoms with Crippen molar-refractivity contribution in [3.05, 3.63) is 46.5 Å². The normalized spacial score (nSPS) is 10.9. The van der Waals surface area contributed by atoms with Gasteiger partial charge in [-0.3, -0.25) is 0 Å². The zero-order valence-corrected chi connectivity index (χ0v) is 12.6. The topological polar surface area (TPSA) is 61.8 Å². The number of rotatable bonds is 4. The van der Waals surface area contributed by atoms with Crippen LogP contribution < -0.4 is 15.1 Å². The maximum atomic E-state index is 11.8. The molecule has 0 unspecified atom stereocenters. The van der Waals surface area contributed by atoms with Crippen molar-refractivity contribution < 1.29 is 18.3 Å². The second kappa shape index (κ2) is 5.60. The lowest BCUT2D eigenvalue weighted by Gasteiger charge is -2.09. The monoisotopic (exact) mass is 300 g/mol. The van der Waals surface area contributed by atoms with E-state index in [0.717, 1.165) is 11.0 Å². The van der Waals surface area contributed by atoms with E-state index in [1.165, 1.54) is 13.2 Å². The first-order chi connectivity index (χ1) is 10.6. The Bertz CT molecular complexity index is 910. The molecule has 0 aliphatic heterocycles. The summed E-state index contributed by atoms with van der Waals surface area (Å²) < 4.78 is 21.8. The van der Waals surface area contributed by atoms with E-state index in [9.17, 15) is 4.79 Å². The fourth-order valence-corrected chi connectivity index (χ4v) is 2.27. The molecule has 0 radical (unpaired) electrons. The Morgan fingerprint density at radius 3 is 2.82 bits per heavy atom. The van der Waals surface area contributed by atoms with Crippen LogP contribution in [0, 0.1) is 0 Å². The van der Waals surface area contributed by atoms with E-state index in [0.29, 0.717) is 34.7 Å². The lowest BCUT2D eigenvalue weighted by molar-refractivity contribution is 0.360. The third-order valence-corrected chi connectivity index (χ3v) is 3.30. The van der Waals surface area contributed by atoms with Gasteiger partial charge in [-0.1, -0.05) is 5.57 Å². The Morgan fingerprint density at radius 1 is 1.27 bits per heavy atom. The average Bonchev–Trinajstić information content (AvgIpc) is 2.92. The van der Waals surface area contributed by atoms with E-state index in [1.54, 1.807) is 6.26 Å². The molecule has 3 aromatic rings. The Morgan fingerprint density at radius 2 is 2.09 bits per heavy atom. The largest absolute Gasteiger partial charge is 0.490 e. The van der Waals surface area contributed by atoms with Crippen LogP contribution in [0.3, 0.4) is 0 Å². The highest BCUT2D eigenvalue weighted by atomic mass is 16.5. The van der Waals surface area contributed by atoms with Gasteiger partial charge in [0.2, 0.25) is 5.75 Å². The summed E-state index contributed by atoms with van der Waals surface area (Å²) in [5.74, 6) is 0.854.